The van der Waals surface area contributed by atoms with Crippen molar-refractivity contribution >= 4 is 12.0 Å². The second-order valence-electron chi connectivity index (χ2n) is 5.31. The van der Waals surface area contributed by atoms with Crippen molar-refractivity contribution in [2.45, 2.75) is 6.42 Å². The zero-order valence-corrected chi connectivity index (χ0v) is 14.7. The lowest BCUT2D eigenvalue weighted by Gasteiger charge is -2.09. The molecule has 0 heterocycles. The van der Waals surface area contributed by atoms with Crippen LogP contribution in [-0.2, 0) is 11.2 Å². The van der Waals surface area contributed by atoms with Crippen LogP contribution in [0.3, 0.4) is 0 Å². The molecule has 2 aromatic rings. The fourth-order valence-electron chi connectivity index (χ4n) is 2.39. The Labute approximate surface area is 148 Å². The monoisotopic (exact) mass is 341 g/mol. The van der Waals surface area contributed by atoms with E-state index < -0.39 is 0 Å². The van der Waals surface area contributed by atoms with Gasteiger partial charge in [-0.1, -0.05) is 24.3 Å². The lowest BCUT2D eigenvalue weighted by molar-refractivity contribution is -0.116. The van der Waals surface area contributed by atoms with Gasteiger partial charge in [-0.05, 0) is 36.3 Å². The standard InChI is InChI=1S/C20H23NO4/c1-23-17-10-7-15(8-11-17)13-14-21-19(22)12-9-16-5-4-6-18(24-2)20(16)25-3/h4-12H,13-14H2,1-3H3,(H,21,22). The van der Waals surface area contributed by atoms with Crippen LogP contribution in [0.25, 0.3) is 6.08 Å². The van der Waals surface area contributed by atoms with Crippen molar-refractivity contribution in [2.24, 2.45) is 0 Å². The minimum absolute atomic E-state index is 0.154. The van der Waals surface area contributed by atoms with E-state index in [0.717, 1.165) is 23.3 Å². The molecule has 1 N–H and O–H groups in total. The van der Waals surface area contributed by atoms with E-state index in [1.807, 2.05) is 42.5 Å². The lowest BCUT2D eigenvalue weighted by Crippen LogP contribution is -2.23. The molecule has 1 amide bonds. The number of methoxy groups -OCH3 is 3. The van der Waals surface area contributed by atoms with Gasteiger partial charge in [0.1, 0.15) is 5.75 Å². The van der Waals surface area contributed by atoms with Gasteiger partial charge in [0.25, 0.3) is 0 Å². The molecule has 0 fully saturated rings. The summed E-state index contributed by atoms with van der Waals surface area (Å²) in [5.74, 6) is 1.90. The van der Waals surface area contributed by atoms with Gasteiger partial charge in [0, 0.05) is 18.2 Å². The fourth-order valence-corrected chi connectivity index (χ4v) is 2.39. The summed E-state index contributed by atoms with van der Waals surface area (Å²) >= 11 is 0. The van der Waals surface area contributed by atoms with E-state index in [1.165, 1.54) is 6.08 Å². The van der Waals surface area contributed by atoms with Crippen LogP contribution in [0, 0.1) is 0 Å². The molecule has 0 spiro atoms. The van der Waals surface area contributed by atoms with Crippen LogP contribution in [0.15, 0.2) is 48.5 Å². The Balaban J connectivity index is 1.88. The molecule has 0 saturated heterocycles. The first-order valence-electron chi connectivity index (χ1n) is 7.97. The van der Waals surface area contributed by atoms with Gasteiger partial charge in [0.15, 0.2) is 11.5 Å². The number of carbonyl (C=O) groups is 1. The molecule has 0 unspecified atom stereocenters. The van der Waals surface area contributed by atoms with Gasteiger partial charge < -0.3 is 19.5 Å². The van der Waals surface area contributed by atoms with Crippen LogP contribution < -0.4 is 19.5 Å². The van der Waals surface area contributed by atoms with Crippen molar-refractivity contribution < 1.29 is 19.0 Å². The lowest BCUT2D eigenvalue weighted by atomic mass is 10.1. The molecule has 5 nitrogen and oxygen atoms in total. The van der Waals surface area contributed by atoms with Gasteiger partial charge in [-0.25, -0.2) is 0 Å². The molecule has 0 aliphatic heterocycles. The van der Waals surface area contributed by atoms with Gasteiger partial charge in [-0.3, -0.25) is 4.79 Å². The maximum atomic E-state index is 12.0. The Bertz CT molecular complexity index is 723. The van der Waals surface area contributed by atoms with E-state index in [2.05, 4.69) is 5.32 Å². The number of amides is 1. The molecule has 0 saturated carbocycles. The Hall–Kier alpha value is -2.95. The molecule has 0 aromatic heterocycles. The minimum atomic E-state index is -0.154. The second kappa shape index (κ2) is 9.37. The zero-order valence-electron chi connectivity index (χ0n) is 14.7. The maximum absolute atomic E-state index is 12.0. The Morgan fingerprint density at radius 1 is 1.00 bits per heavy atom. The SMILES string of the molecule is COc1ccc(CCNC(=O)C=Cc2cccc(OC)c2OC)cc1. The molecule has 2 aromatic carbocycles. The molecule has 5 heteroatoms. The van der Waals surface area contributed by atoms with E-state index in [1.54, 1.807) is 27.4 Å². The molecule has 0 bridgehead atoms. The largest absolute Gasteiger partial charge is 0.497 e. The summed E-state index contributed by atoms with van der Waals surface area (Å²) in [5, 5.41) is 2.87. The smallest absolute Gasteiger partial charge is 0.244 e. The molecule has 25 heavy (non-hydrogen) atoms. The second-order valence-corrected chi connectivity index (χ2v) is 5.31. The molecule has 2 rings (SSSR count). The van der Waals surface area contributed by atoms with Crippen LogP contribution in [0.4, 0.5) is 0 Å². The van der Waals surface area contributed by atoms with Crippen molar-refractivity contribution in [3.05, 3.63) is 59.7 Å². The van der Waals surface area contributed by atoms with Crippen molar-refractivity contribution in [2.75, 3.05) is 27.9 Å². The first-order valence-corrected chi connectivity index (χ1v) is 7.97. The van der Waals surface area contributed by atoms with E-state index in [0.29, 0.717) is 18.0 Å². The summed E-state index contributed by atoms with van der Waals surface area (Å²) in [5.41, 5.74) is 1.92. The summed E-state index contributed by atoms with van der Waals surface area (Å²) in [4.78, 5) is 12.0. The highest BCUT2D eigenvalue weighted by Gasteiger charge is 2.07. The summed E-state index contributed by atoms with van der Waals surface area (Å²) in [6.07, 6.45) is 3.96. The van der Waals surface area contributed by atoms with Gasteiger partial charge in [-0.2, -0.15) is 0 Å². The Morgan fingerprint density at radius 2 is 1.76 bits per heavy atom. The topological polar surface area (TPSA) is 56.8 Å². The van der Waals surface area contributed by atoms with Gasteiger partial charge >= 0.3 is 0 Å². The van der Waals surface area contributed by atoms with E-state index in [4.69, 9.17) is 14.2 Å². The molecule has 132 valence electrons. The van der Waals surface area contributed by atoms with E-state index in [-0.39, 0.29) is 5.91 Å². The predicted octanol–water partition coefficient (Wildman–Crippen LogP) is 3.08. The number of nitrogens with one attached hydrogen (secondary N) is 1. The minimum Gasteiger partial charge on any atom is -0.497 e. The quantitative estimate of drug-likeness (QED) is 0.750. The van der Waals surface area contributed by atoms with Crippen molar-refractivity contribution in [1.29, 1.82) is 0 Å². The third-order valence-corrected chi connectivity index (χ3v) is 3.72. The van der Waals surface area contributed by atoms with Gasteiger partial charge in [0.2, 0.25) is 5.91 Å². The Morgan fingerprint density at radius 3 is 2.40 bits per heavy atom. The maximum Gasteiger partial charge on any atom is 0.244 e. The van der Waals surface area contributed by atoms with Crippen molar-refractivity contribution in [3.63, 3.8) is 0 Å². The summed E-state index contributed by atoms with van der Waals surface area (Å²) < 4.78 is 15.7. The molecule has 0 aliphatic rings. The molecule has 0 aliphatic carbocycles. The number of carbonyl (C=O) groups excluding carboxylic acids is 1. The van der Waals surface area contributed by atoms with Crippen molar-refractivity contribution in [3.8, 4) is 17.2 Å². The summed E-state index contributed by atoms with van der Waals surface area (Å²) in [7, 11) is 4.79. The fraction of sp³-hybridized carbons (Fsp3) is 0.250. The third-order valence-electron chi connectivity index (χ3n) is 3.72. The number of benzene rings is 2. The normalized spacial score (nSPS) is 10.5. The average Bonchev–Trinajstić information content (AvgIpc) is 2.66. The van der Waals surface area contributed by atoms with Crippen LogP contribution in [0.1, 0.15) is 11.1 Å². The Kier molecular flexibility index (Phi) is 6.89. The van der Waals surface area contributed by atoms with Gasteiger partial charge in [-0.15, -0.1) is 0 Å². The first kappa shape index (κ1) is 18.4. The van der Waals surface area contributed by atoms with E-state index >= 15 is 0 Å². The highest BCUT2D eigenvalue weighted by Crippen LogP contribution is 2.31. The average molecular weight is 341 g/mol. The molecular weight excluding hydrogens is 318 g/mol. The van der Waals surface area contributed by atoms with Crippen LogP contribution in [0.2, 0.25) is 0 Å². The highest BCUT2D eigenvalue weighted by molar-refractivity contribution is 5.92. The first-order chi connectivity index (χ1) is 12.2. The predicted molar refractivity (Wildman–Crippen MR) is 98.3 cm³/mol. The number of rotatable bonds is 8. The van der Waals surface area contributed by atoms with E-state index in [9.17, 15) is 4.79 Å². The summed E-state index contributed by atoms with van der Waals surface area (Å²) in [6.45, 7) is 0.560. The molecule has 0 radical (unpaired) electrons. The van der Waals surface area contributed by atoms with Crippen LogP contribution in [-0.4, -0.2) is 33.8 Å². The van der Waals surface area contributed by atoms with Crippen LogP contribution in [0.5, 0.6) is 17.2 Å². The summed E-state index contributed by atoms with van der Waals surface area (Å²) in [6, 6.07) is 13.3. The number of hydrogen-bond donors (Lipinski definition) is 1. The zero-order chi connectivity index (χ0) is 18.1. The van der Waals surface area contributed by atoms with Crippen LogP contribution >= 0.6 is 0 Å². The number of para-hydroxylation sites is 1. The molecule has 0 atom stereocenters. The third kappa shape index (κ3) is 5.28. The number of hydrogen-bond acceptors (Lipinski definition) is 4. The highest BCUT2D eigenvalue weighted by atomic mass is 16.5. The number of ether oxygens (including phenoxy) is 3. The van der Waals surface area contributed by atoms with Crippen molar-refractivity contribution in [1.82, 2.24) is 5.32 Å². The molecular formula is C20H23NO4. The van der Waals surface area contributed by atoms with Gasteiger partial charge in [0.05, 0.1) is 21.3 Å².